The molecule has 2 N–H and O–H groups in total. The van der Waals surface area contributed by atoms with E-state index < -0.39 is 22.2 Å². The highest BCUT2D eigenvalue weighted by Gasteiger charge is 2.34. The Bertz CT molecular complexity index is 1220. The molecule has 1 unspecified atom stereocenters. The van der Waals surface area contributed by atoms with E-state index in [1.807, 2.05) is 0 Å². The van der Waals surface area contributed by atoms with E-state index in [2.05, 4.69) is 20.1 Å². The Balaban J connectivity index is 1.63. The smallest absolute Gasteiger partial charge is 0.271 e. The molecule has 9 nitrogen and oxygen atoms in total. The molecule has 4 aromatic rings. The van der Waals surface area contributed by atoms with Gasteiger partial charge in [-0.3, -0.25) is 10.1 Å². The minimum absolute atomic E-state index is 0.0582. The number of imidazole rings is 1. The molecule has 0 fully saturated rings. The molecule has 154 valence electrons. The second-order valence-electron chi connectivity index (χ2n) is 6.54. The van der Waals surface area contributed by atoms with Crippen LogP contribution in [0.25, 0.3) is 11.0 Å². The number of nitrogens with one attached hydrogen (secondary N) is 1. The highest BCUT2D eigenvalue weighted by atomic mass is 32.2. The lowest BCUT2D eigenvalue weighted by Gasteiger charge is -2.28. The molecule has 2 aromatic heterocycles. The van der Waals surface area contributed by atoms with Gasteiger partial charge in [-0.1, -0.05) is 17.8 Å². The number of rotatable bonds is 7. The number of non-ortho nitro benzene ring substituents is 1. The monoisotopic (exact) mass is 432 g/mol. The number of halogens is 2. The molecule has 0 radical (unpaired) electrons. The lowest BCUT2D eigenvalue weighted by atomic mass is 9.95. The molecule has 2 aromatic carbocycles. The molecule has 0 aliphatic rings. The fourth-order valence-electron chi connectivity index (χ4n) is 3.00. The van der Waals surface area contributed by atoms with Crippen LogP contribution in [0.1, 0.15) is 5.56 Å². The van der Waals surface area contributed by atoms with Crippen molar-refractivity contribution in [1.29, 1.82) is 0 Å². The van der Waals surface area contributed by atoms with Gasteiger partial charge in [-0.15, -0.1) is 0 Å². The lowest BCUT2D eigenvalue weighted by Crippen LogP contribution is -2.35. The predicted octanol–water partition coefficient (Wildman–Crippen LogP) is 3.02. The van der Waals surface area contributed by atoms with Crippen LogP contribution in [-0.2, 0) is 12.1 Å². The van der Waals surface area contributed by atoms with Gasteiger partial charge in [0, 0.05) is 29.5 Å². The maximum Gasteiger partial charge on any atom is 0.271 e. The number of aliphatic hydroxyl groups is 1. The number of H-pyrrole nitrogens is 1. The summed E-state index contributed by atoms with van der Waals surface area (Å²) < 4.78 is 29.1. The van der Waals surface area contributed by atoms with Crippen molar-refractivity contribution in [3.8, 4) is 0 Å². The Morgan fingerprint density at radius 3 is 2.80 bits per heavy atom. The summed E-state index contributed by atoms with van der Waals surface area (Å²) >= 11 is 1.09. The second kappa shape index (κ2) is 7.80. The number of thioether (sulfide) groups is 1. The normalized spacial score (nSPS) is 13.4. The summed E-state index contributed by atoms with van der Waals surface area (Å²) in [4.78, 5) is 21.5. The molecule has 4 rings (SSSR count). The van der Waals surface area contributed by atoms with Gasteiger partial charge in [0.15, 0.2) is 5.16 Å². The van der Waals surface area contributed by atoms with Crippen molar-refractivity contribution in [3.63, 3.8) is 0 Å². The summed E-state index contributed by atoms with van der Waals surface area (Å²) in [6.07, 6.45) is 2.65. The van der Waals surface area contributed by atoms with Gasteiger partial charge in [0.05, 0.1) is 22.5 Å². The summed E-state index contributed by atoms with van der Waals surface area (Å²) in [7, 11) is 0. The summed E-state index contributed by atoms with van der Waals surface area (Å²) in [5, 5.41) is 26.5. The molecule has 0 amide bonds. The highest BCUT2D eigenvalue weighted by Crippen LogP contribution is 2.33. The van der Waals surface area contributed by atoms with Gasteiger partial charge >= 0.3 is 0 Å². The van der Waals surface area contributed by atoms with E-state index in [1.165, 1.54) is 41.6 Å². The molecule has 0 aliphatic carbocycles. The summed E-state index contributed by atoms with van der Waals surface area (Å²) in [6, 6.07) is 7.15. The maximum absolute atomic E-state index is 14.4. The molecule has 0 spiro atoms. The van der Waals surface area contributed by atoms with Crippen LogP contribution < -0.4 is 0 Å². The molecule has 2 heterocycles. The number of fused-ring (bicyclic) bond motifs is 1. The van der Waals surface area contributed by atoms with Crippen molar-refractivity contribution >= 4 is 28.5 Å². The summed E-state index contributed by atoms with van der Waals surface area (Å²) in [6.45, 7) is -0.131. The highest BCUT2D eigenvalue weighted by molar-refractivity contribution is 7.99. The van der Waals surface area contributed by atoms with Gasteiger partial charge in [0.25, 0.3) is 5.69 Å². The molecule has 0 aliphatic heterocycles. The Hall–Kier alpha value is -3.38. The van der Waals surface area contributed by atoms with Crippen molar-refractivity contribution < 1.29 is 18.8 Å². The molecular weight excluding hydrogens is 418 g/mol. The average molecular weight is 432 g/mol. The van der Waals surface area contributed by atoms with Crippen molar-refractivity contribution in [1.82, 2.24) is 24.7 Å². The topological polar surface area (TPSA) is 123 Å². The number of nitro benzene ring substituents is 1. The molecular formula is C18H14F2N6O3S. The van der Waals surface area contributed by atoms with Crippen LogP contribution in [0.5, 0.6) is 0 Å². The molecule has 30 heavy (non-hydrogen) atoms. The first-order valence-electron chi connectivity index (χ1n) is 8.61. The van der Waals surface area contributed by atoms with E-state index in [1.54, 1.807) is 0 Å². The number of hydrogen-bond donors (Lipinski definition) is 2. The van der Waals surface area contributed by atoms with Crippen LogP contribution in [-0.4, -0.2) is 40.5 Å². The molecule has 0 saturated carbocycles. The first kappa shape index (κ1) is 19.9. The minimum atomic E-state index is -1.76. The van der Waals surface area contributed by atoms with E-state index in [0.717, 1.165) is 17.8 Å². The Morgan fingerprint density at radius 1 is 1.27 bits per heavy atom. The summed E-state index contributed by atoms with van der Waals surface area (Å²) in [5.41, 5.74) is -0.978. The Kier molecular flexibility index (Phi) is 5.18. The fraction of sp³-hybridized carbons (Fsp3) is 0.167. The van der Waals surface area contributed by atoms with Crippen LogP contribution in [0.15, 0.2) is 54.2 Å². The van der Waals surface area contributed by atoms with Crippen molar-refractivity contribution in [3.05, 3.63) is 76.4 Å². The molecule has 0 saturated heterocycles. The largest absolute Gasteiger partial charge is 0.382 e. The van der Waals surface area contributed by atoms with Gasteiger partial charge < -0.3 is 10.1 Å². The standard InChI is InChI=1S/C18H14F2N6O3S/c19-11-1-3-13(14(20)5-11)18(27,7-25-10-21-9-22-25)8-30-17-23-15-4-2-12(26(28)29)6-16(15)24-17/h1-6,9-10,27H,7-8H2,(H,23,24). The third kappa shape index (κ3) is 4.00. The first-order valence-corrected chi connectivity index (χ1v) is 9.60. The van der Waals surface area contributed by atoms with Crippen molar-refractivity contribution in [2.24, 2.45) is 0 Å². The van der Waals surface area contributed by atoms with Gasteiger partial charge in [0.2, 0.25) is 0 Å². The minimum Gasteiger partial charge on any atom is -0.382 e. The maximum atomic E-state index is 14.4. The molecule has 1 atom stereocenters. The van der Waals surface area contributed by atoms with Gasteiger partial charge in [0.1, 0.15) is 29.9 Å². The zero-order chi connectivity index (χ0) is 21.3. The SMILES string of the molecule is O=[N+]([O-])c1ccc2nc(SCC(O)(Cn3cncn3)c3ccc(F)cc3F)[nH]c2c1. The molecule has 0 bridgehead atoms. The van der Waals surface area contributed by atoms with Crippen LogP contribution in [0, 0.1) is 21.7 Å². The van der Waals surface area contributed by atoms with E-state index in [4.69, 9.17) is 0 Å². The van der Waals surface area contributed by atoms with Gasteiger partial charge in [-0.2, -0.15) is 5.10 Å². The quantitative estimate of drug-likeness (QED) is 0.261. The van der Waals surface area contributed by atoms with Crippen LogP contribution in [0.4, 0.5) is 14.5 Å². The number of hydrogen-bond acceptors (Lipinski definition) is 7. The fourth-order valence-corrected chi connectivity index (χ4v) is 3.97. The zero-order valence-corrected chi connectivity index (χ0v) is 16.0. The van der Waals surface area contributed by atoms with E-state index in [9.17, 15) is 24.0 Å². The van der Waals surface area contributed by atoms with E-state index in [-0.39, 0.29) is 23.5 Å². The third-order valence-corrected chi connectivity index (χ3v) is 5.51. The van der Waals surface area contributed by atoms with Crippen LogP contribution in [0.2, 0.25) is 0 Å². The zero-order valence-electron chi connectivity index (χ0n) is 15.2. The lowest BCUT2D eigenvalue weighted by molar-refractivity contribution is -0.384. The number of nitro groups is 1. The summed E-state index contributed by atoms with van der Waals surface area (Å²) in [5.74, 6) is -1.71. The van der Waals surface area contributed by atoms with Crippen molar-refractivity contribution in [2.75, 3.05) is 5.75 Å². The third-order valence-electron chi connectivity index (χ3n) is 4.42. The number of aromatic amines is 1. The number of benzene rings is 2. The number of nitrogens with zero attached hydrogens (tertiary/aromatic N) is 5. The van der Waals surface area contributed by atoms with E-state index in [0.29, 0.717) is 22.3 Å². The Morgan fingerprint density at radius 2 is 2.10 bits per heavy atom. The van der Waals surface area contributed by atoms with Crippen molar-refractivity contribution in [2.45, 2.75) is 17.3 Å². The van der Waals surface area contributed by atoms with Crippen LogP contribution >= 0.6 is 11.8 Å². The van der Waals surface area contributed by atoms with Gasteiger partial charge in [-0.25, -0.2) is 23.4 Å². The molecule has 12 heteroatoms. The van der Waals surface area contributed by atoms with E-state index >= 15 is 0 Å². The number of aromatic nitrogens is 5. The second-order valence-corrected chi connectivity index (χ2v) is 7.50. The predicted molar refractivity (Wildman–Crippen MR) is 104 cm³/mol. The first-order chi connectivity index (χ1) is 14.3. The van der Waals surface area contributed by atoms with Gasteiger partial charge in [-0.05, 0) is 12.1 Å². The van der Waals surface area contributed by atoms with Crippen LogP contribution in [0.3, 0.4) is 0 Å². The Labute approximate surface area is 171 Å². The average Bonchev–Trinajstić information content (AvgIpc) is 3.34.